The Morgan fingerprint density at radius 3 is 2.95 bits per heavy atom. The lowest BCUT2D eigenvalue weighted by molar-refractivity contribution is 0.0735. The standard InChI is InChI=1S/C17H25NO2S/c1-4-21-16-9-8-15(11-16)18(2)17(19)14-7-5-6-13(10-14)12-20-3/h5-7,10,15-16H,4,8-9,11-12H2,1-3H3/t15-,16+/m1/s1. The van der Waals surface area contributed by atoms with Gasteiger partial charge in [-0.3, -0.25) is 4.79 Å². The molecule has 1 saturated carbocycles. The number of amides is 1. The van der Waals surface area contributed by atoms with E-state index >= 15 is 0 Å². The predicted octanol–water partition coefficient (Wildman–Crippen LogP) is 3.58. The molecule has 0 bridgehead atoms. The Morgan fingerprint density at radius 2 is 2.24 bits per heavy atom. The first-order chi connectivity index (χ1) is 10.2. The molecule has 2 rings (SSSR count). The van der Waals surface area contributed by atoms with Gasteiger partial charge in [0.15, 0.2) is 0 Å². The van der Waals surface area contributed by atoms with Crippen molar-refractivity contribution >= 4 is 17.7 Å². The summed E-state index contributed by atoms with van der Waals surface area (Å²) in [6, 6.07) is 8.14. The van der Waals surface area contributed by atoms with E-state index in [1.165, 1.54) is 6.42 Å². The average molecular weight is 307 g/mol. The molecule has 0 unspecified atom stereocenters. The summed E-state index contributed by atoms with van der Waals surface area (Å²) in [6.07, 6.45) is 3.47. The highest BCUT2D eigenvalue weighted by molar-refractivity contribution is 7.99. The molecule has 1 aliphatic rings. The third kappa shape index (κ3) is 4.24. The van der Waals surface area contributed by atoms with Crippen LogP contribution in [0.2, 0.25) is 0 Å². The Kier molecular flexibility index (Phi) is 6.12. The smallest absolute Gasteiger partial charge is 0.253 e. The molecule has 0 aromatic heterocycles. The molecule has 1 fully saturated rings. The molecule has 0 N–H and O–H groups in total. The van der Waals surface area contributed by atoms with Crippen LogP contribution in [-0.2, 0) is 11.3 Å². The normalized spacial score (nSPS) is 21.5. The van der Waals surface area contributed by atoms with Gasteiger partial charge in [0.05, 0.1) is 6.61 Å². The van der Waals surface area contributed by atoms with Gasteiger partial charge >= 0.3 is 0 Å². The molecule has 3 nitrogen and oxygen atoms in total. The van der Waals surface area contributed by atoms with Crippen molar-refractivity contribution in [3.8, 4) is 0 Å². The summed E-state index contributed by atoms with van der Waals surface area (Å²) in [5.41, 5.74) is 1.81. The first-order valence-corrected chi connectivity index (χ1v) is 8.67. The zero-order valence-electron chi connectivity index (χ0n) is 13.2. The lowest BCUT2D eigenvalue weighted by Gasteiger charge is -2.25. The molecule has 0 spiro atoms. The molecule has 0 heterocycles. The van der Waals surface area contributed by atoms with E-state index in [4.69, 9.17) is 4.74 Å². The van der Waals surface area contributed by atoms with Crippen LogP contribution < -0.4 is 0 Å². The average Bonchev–Trinajstić information content (AvgIpc) is 2.95. The molecule has 0 aliphatic heterocycles. The van der Waals surface area contributed by atoms with Crippen LogP contribution in [0.3, 0.4) is 0 Å². The number of methoxy groups -OCH3 is 1. The number of hydrogen-bond acceptors (Lipinski definition) is 3. The third-order valence-corrected chi connectivity index (χ3v) is 5.35. The van der Waals surface area contributed by atoms with Crippen molar-refractivity contribution in [2.75, 3.05) is 19.9 Å². The minimum Gasteiger partial charge on any atom is -0.380 e. The van der Waals surface area contributed by atoms with E-state index in [0.29, 0.717) is 12.6 Å². The second-order valence-corrected chi connectivity index (χ2v) is 7.17. The number of carbonyl (C=O) groups is 1. The van der Waals surface area contributed by atoms with E-state index in [0.717, 1.165) is 35.0 Å². The summed E-state index contributed by atoms with van der Waals surface area (Å²) in [5.74, 6) is 1.29. The monoisotopic (exact) mass is 307 g/mol. The topological polar surface area (TPSA) is 29.5 Å². The quantitative estimate of drug-likeness (QED) is 0.804. The molecule has 116 valence electrons. The van der Waals surface area contributed by atoms with E-state index in [1.807, 2.05) is 48.0 Å². The van der Waals surface area contributed by atoms with Crippen LogP contribution in [-0.4, -0.2) is 42.0 Å². The molecular formula is C17H25NO2S. The molecule has 4 heteroatoms. The summed E-state index contributed by atoms with van der Waals surface area (Å²) in [5, 5.41) is 0.718. The van der Waals surface area contributed by atoms with Crippen LogP contribution >= 0.6 is 11.8 Å². The van der Waals surface area contributed by atoms with Gasteiger partial charge in [-0.15, -0.1) is 0 Å². The number of nitrogens with zero attached hydrogens (tertiary/aromatic N) is 1. The Morgan fingerprint density at radius 1 is 1.43 bits per heavy atom. The molecule has 1 aromatic rings. The Balaban J connectivity index is 2.00. The maximum atomic E-state index is 12.6. The number of hydrogen-bond donors (Lipinski definition) is 0. The van der Waals surface area contributed by atoms with Gasteiger partial charge in [-0.1, -0.05) is 19.1 Å². The zero-order chi connectivity index (χ0) is 15.2. The molecule has 1 aliphatic carbocycles. The minimum absolute atomic E-state index is 0.125. The molecule has 21 heavy (non-hydrogen) atoms. The van der Waals surface area contributed by atoms with Crippen molar-refractivity contribution in [2.24, 2.45) is 0 Å². The zero-order valence-corrected chi connectivity index (χ0v) is 14.0. The number of thioether (sulfide) groups is 1. The lowest BCUT2D eigenvalue weighted by Crippen LogP contribution is -2.35. The van der Waals surface area contributed by atoms with E-state index in [1.54, 1.807) is 7.11 Å². The lowest BCUT2D eigenvalue weighted by atomic mass is 10.1. The second kappa shape index (κ2) is 7.85. The highest BCUT2D eigenvalue weighted by atomic mass is 32.2. The number of rotatable bonds is 6. The number of ether oxygens (including phenoxy) is 1. The van der Waals surface area contributed by atoms with Crippen molar-refractivity contribution < 1.29 is 9.53 Å². The van der Waals surface area contributed by atoms with Crippen LogP contribution in [0.4, 0.5) is 0 Å². The molecule has 2 atom stereocenters. The van der Waals surface area contributed by atoms with Crippen LogP contribution in [0.15, 0.2) is 24.3 Å². The fourth-order valence-electron chi connectivity index (χ4n) is 2.99. The van der Waals surface area contributed by atoms with Gasteiger partial charge < -0.3 is 9.64 Å². The third-order valence-electron chi connectivity index (χ3n) is 4.11. The maximum absolute atomic E-state index is 12.6. The minimum atomic E-state index is 0.125. The fraction of sp³-hybridized carbons (Fsp3) is 0.588. The van der Waals surface area contributed by atoms with E-state index in [9.17, 15) is 4.79 Å². The molecule has 1 amide bonds. The number of benzene rings is 1. The largest absolute Gasteiger partial charge is 0.380 e. The van der Waals surface area contributed by atoms with E-state index < -0.39 is 0 Å². The highest BCUT2D eigenvalue weighted by Gasteiger charge is 2.30. The Bertz CT molecular complexity index is 478. The van der Waals surface area contributed by atoms with Crippen LogP contribution in [0, 0.1) is 0 Å². The molecule has 0 radical (unpaired) electrons. The van der Waals surface area contributed by atoms with Crippen molar-refractivity contribution in [3.05, 3.63) is 35.4 Å². The fourth-order valence-corrected chi connectivity index (χ4v) is 4.12. The van der Waals surface area contributed by atoms with Crippen LogP contribution in [0.5, 0.6) is 0 Å². The van der Waals surface area contributed by atoms with Gasteiger partial charge in [-0.05, 0) is 42.7 Å². The Labute approximate surface area is 132 Å². The van der Waals surface area contributed by atoms with Gasteiger partial charge in [-0.2, -0.15) is 11.8 Å². The SMILES string of the molecule is CCS[C@H]1CC[C@@H](N(C)C(=O)c2cccc(COC)c2)C1. The van der Waals surface area contributed by atoms with Crippen LogP contribution in [0.1, 0.15) is 42.1 Å². The summed E-state index contributed by atoms with van der Waals surface area (Å²) in [6.45, 7) is 2.75. The van der Waals surface area contributed by atoms with Crippen molar-refractivity contribution in [1.29, 1.82) is 0 Å². The predicted molar refractivity (Wildman–Crippen MR) is 88.8 cm³/mol. The molecule has 0 saturated heterocycles. The van der Waals surface area contributed by atoms with Gasteiger partial charge in [0.1, 0.15) is 0 Å². The summed E-state index contributed by atoms with van der Waals surface area (Å²) < 4.78 is 5.14. The van der Waals surface area contributed by atoms with Gasteiger partial charge in [0.2, 0.25) is 0 Å². The molecular weight excluding hydrogens is 282 g/mol. The van der Waals surface area contributed by atoms with Crippen LogP contribution in [0.25, 0.3) is 0 Å². The van der Waals surface area contributed by atoms with Crippen molar-refractivity contribution in [2.45, 2.75) is 44.1 Å². The highest BCUT2D eigenvalue weighted by Crippen LogP contribution is 2.32. The van der Waals surface area contributed by atoms with Gasteiger partial charge in [0.25, 0.3) is 5.91 Å². The number of carbonyl (C=O) groups excluding carboxylic acids is 1. The van der Waals surface area contributed by atoms with Gasteiger partial charge in [0, 0.05) is 31.0 Å². The summed E-state index contributed by atoms with van der Waals surface area (Å²) in [7, 11) is 3.61. The van der Waals surface area contributed by atoms with Crippen molar-refractivity contribution in [3.63, 3.8) is 0 Å². The van der Waals surface area contributed by atoms with Gasteiger partial charge in [-0.25, -0.2) is 0 Å². The summed E-state index contributed by atoms with van der Waals surface area (Å²) >= 11 is 2.02. The second-order valence-electron chi connectivity index (χ2n) is 5.59. The van der Waals surface area contributed by atoms with Crippen molar-refractivity contribution in [1.82, 2.24) is 4.90 Å². The Hall–Kier alpha value is -1.00. The van der Waals surface area contributed by atoms with E-state index in [2.05, 4.69) is 6.92 Å². The first-order valence-electron chi connectivity index (χ1n) is 7.62. The first kappa shape index (κ1) is 16.4. The molecule has 1 aromatic carbocycles. The van der Waals surface area contributed by atoms with E-state index in [-0.39, 0.29) is 5.91 Å². The summed E-state index contributed by atoms with van der Waals surface area (Å²) in [4.78, 5) is 14.6. The maximum Gasteiger partial charge on any atom is 0.253 e.